The lowest BCUT2D eigenvalue weighted by atomic mass is 9.93. The topological polar surface area (TPSA) is 24.9 Å². The molecule has 1 atom stereocenters. The highest BCUT2D eigenvalue weighted by Crippen LogP contribution is 2.29. The lowest BCUT2D eigenvalue weighted by molar-refractivity contribution is 0.299. The Morgan fingerprint density at radius 3 is 2.65 bits per heavy atom. The van der Waals surface area contributed by atoms with Gasteiger partial charge in [-0.3, -0.25) is 0 Å². The Labute approximate surface area is 110 Å². The van der Waals surface area contributed by atoms with E-state index in [-0.39, 0.29) is 5.54 Å². The summed E-state index contributed by atoms with van der Waals surface area (Å²) in [5.41, 5.74) is 0.0517. The Morgan fingerprint density at radius 2 is 2.12 bits per heavy atom. The van der Waals surface area contributed by atoms with Crippen LogP contribution >= 0.6 is 11.3 Å². The molecule has 0 bridgehead atoms. The van der Waals surface area contributed by atoms with E-state index in [0.29, 0.717) is 6.04 Å². The molecule has 0 aliphatic carbocycles. The number of thiazole rings is 1. The van der Waals surface area contributed by atoms with Gasteiger partial charge in [0.2, 0.25) is 0 Å². The minimum Gasteiger partial charge on any atom is -0.303 e. The van der Waals surface area contributed by atoms with E-state index < -0.39 is 0 Å². The summed E-state index contributed by atoms with van der Waals surface area (Å²) in [6.07, 6.45) is 8.34. The van der Waals surface area contributed by atoms with Crippen LogP contribution in [0.5, 0.6) is 0 Å². The van der Waals surface area contributed by atoms with Gasteiger partial charge < -0.3 is 5.32 Å². The third-order valence-corrected chi connectivity index (χ3v) is 4.08. The van der Waals surface area contributed by atoms with Gasteiger partial charge in [0.15, 0.2) is 0 Å². The van der Waals surface area contributed by atoms with E-state index in [1.54, 1.807) is 11.3 Å². The summed E-state index contributed by atoms with van der Waals surface area (Å²) in [7, 11) is 0. The summed E-state index contributed by atoms with van der Waals surface area (Å²) in [5.74, 6) is 0. The standard InChI is InChI=1S/C14H26N2S/c1-5-6-7-8-9-14(4,16-12(2)3)13-15-10-11-17-13/h10-12,16H,5-9H2,1-4H3. The van der Waals surface area contributed by atoms with E-state index in [1.165, 1.54) is 37.1 Å². The minimum atomic E-state index is 0.0517. The third kappa shape index (κ3) is 4.76. The highest BCUT2D eigenvalue weighted by molar-refractivity contribution is 7.09. The summed E-state index contributed by atoms with van der Waals surface area (Å²) in [6, 6.07) is 0.495. The Hall–Kier alpha value is -0.410. The van der Waals surface area contributed by atoms with Crippen molar-refractivity contribution in [3.05, 3.63) is 16.6 Å². The molecule has 1 aromatic heterocycles. The SMILES string of the molecule is CCCCCCC(C)(NC(C)C)c1nccs1. The first kappa shape index (κ1) is 14.7. The summed E-state index contributed by atoms with van der Waals surface area (Å²) in [4.78, 5) is 4.50. The molecular formula is C14H26N2S. The van der Waals surface area contributed by atoms with Crippen molar-refractivity contribution in [2.24, 2.45) is 0 Å². The molecule has 2 nitrogen and oxygen atoms in total. The molecule has 0 spiro atoms. The second kappa shape index (κ2) is 7.12. The summed E-state index contributed by atoms with van der Waals surface area (Å²) in [5, 5.41) is 6.98. The zero-order valence-electron chi connectivity index (χ0n) is 11.6. The van der Waals surface area contributed by atoms with E-state index in [2.05, 4.69) is 43.4 Å². The second-order valence-electron chi connectivity index (χ2n) is 5.28. The van der Waals surface area contributed by atoms with Crippen LogP contribution in [0, 0.1) is 0 Å². The Balaban J connectivity index is 2.59. The van der Waals surface area contributed by atoms with Crippen LogP contribution in [0.3, 0.4) is 0 Å². The Bertz CT molecular complexity index is 295. The molecule has 1 unspecified atom stereocenters. The molecular weight excluding hydrogens is 228 g/mol. The van der Waals surface area contributed by atoms with Gasteiger partial charge in [0, 0.05) is 17.6 Å². The smallest absolute Gasteiger partial charge is 0.112 e. The van der Waals surface area contributed by atoms with Crippen LogP contribution in [0.1, 0.15) is 64.8 Å². The summed E-state index contributed by atoms with van der Waals surface area (Å²) >= 11 is 1.76. The first-order chi connectivity index (χ1) is 8.08. The van der Waals surface area contributed by atoms with Crippen molar-refractivity contribution in [1.82, 2.24) is 10.3 Å². The van der Waals surface area contributed by atoms with E-state index in [9.17, 15) is 0 Å². The van der Waals surface area contributed by atoms with Gasteiger partial charge >= 0.3 is 0 Å². The van der Waals surface area contributed by atoms with Crippen molar-refractivity contribution < 1.29 is 0 Å². The predicted molar refractivity (Wildman–Crippen MR) is 76.5 cm³/mol. The number of hydrogen-bond donors (Lipinski definition) is 1. The van der Waals surface area contributed by atoms with Crippen LogP contribution in [-0.4, -0.2) is 11.0 Å². The molecule has 1 heterocycles. The van der Waals surface area contributed by atoms with E-state index >= 15 is 0 Å². The van der Waals surface area contributed by atoms with Crippen LogP contribution in [0.15, 0.2) is 11.6 Å². The number of nitrogens with zero attached hydrogens (tertiary/aromatic N) is 1. The Morgan fingerprint density at radius 1 is 1.35 bits per heavy atom. The number of hydrogen-bond acceptors (Lipinski definition) is 3. The monoisotopic (exact) mass is 254 g/mol. The minimum absolute atomic E-state index is 0.0517. The highest BCUT2D eigenvalue weighted by atomic mass is 32.1. The van der Waals surface area contributed by atoms with E-state index in [1.807, 2.05) is 6.20 Å². The maximum absolute atomic E-state index is 4.50. The zero-order chi connectivity index (χ0) is 12.7. The molecule has 1 rings (SSSR count). The van der Waals surface area contributed by atoms with Gasteiger partial charge in [0.25, 0.3) is 0 Å². The van der Waals surface area contributed by atoms with Crippen molar-refractivity contribution in [2.75, 3.05) is 0 Å². The fourth-order valence-corrected chi connectivity index (χ4v) is 3.07. The lowest BCUT2D eigenvalue weighted by Gasteiger charge is -2.31. The van der Waals surface area contributed by atoms with Crippen molar-refractivity contribution >= 4 is 11.3 Å². The molecule has 17 heavy (non-hydrogen) atoms. The van der Waals surface area contributed by atoms with Crippen LogP contribution in [0.2, 0.25) is 0 Å². The van der Waals surface area contributed by atoms with Crippen molar-refractivity contribution in [1.29, 1.82) is 0 Å². The highest BCUT2D eigenvalue weighted by Gasteiger charge is 2.28. The van der Waals surface area contributed by atoms with Crippen molar-refractivity contribution in [3.63, 3.8) is 0 Å². The van der Waals surface area contributed by atoms with Gasteiger partial charge in [-0.05, 0) is 27.2 Å². The molecule has 3 heteroatoms. The van der Waals surface area contributed by atoms with Gasteiger partial charge in [0.05, 0.1) is 5.54 Å². The molecule has 0 aliphatic rings. The fourth-order valence-electron chi connectivity index (χ4n) is 2.28. The third-order valence-electron chi connectivity index (χ3n) is 3.04. The fraction of sp³-hybridized carbons (Fsp3) is 0.786. The maximum Gasteiger partial charge on any atom is 0.112 e. The summed E-state index contributed by atoms with van der Waals surface area (Å²) < 4.78 is 0. The van der Waals surface area contributed by atoms with Gasteiger partial charge in [-0.15, -0.1) is 11.3 Å². The molecule has 98 valence electrons. The van der Waals surface area contributed by atoms with E-state index in [4.69, 9.17) is 0 Å². The zero-order valence-corrected chi connectivity index (χ0v) is 12.4. The molecule has 0 aliphatic heterocycles. The van der Waals surface area contributed by atoms with Gasteiger partial charge in [0.1, 0.15) is 5.01 Å². The molecule has 0 aromatic carbocycles. The van der Waals surface area contributed by atoms with Gasteiger partial charge in [-0.1, -0.05) is 32.6 Å². The van der Waals surface area contributed by atoms with Crippen molar-refractivity contribution in [3.8, 4) is 0 Å². The molecule has 0 saturated carbocycles. The quantitative estimate of drug-likeness (QED) is 0.699. The largest absolute Gasteiger partial charge is 0.303 e. The van der Waals surface area contributed by atoms with Crippen molar-refractivity contribution in [2.45, 2.75) is 71.4 Å². The molecule has 0 saturated heterocycles. The average molecular weight is 254 g/mol. The van der Waals surface area contributed by atoms with Crippen LogP contribution < -0.4 is 5.32 Å². The normalized spacial score (nSPS) is 15.1. The summed E-state index contributed by atoms with van der Waals surface area (Å²) in [6.45, 7) is 8.96. The molecule has 0 amide bonds. The molecule has 1 N–H and O–H groups in total. The Kier molecular flexibility index (Phi) is 6.14. The first-order valence-electron chi connectivity index (χ1n) is 6.76. The van der Waals surface area contributed by atoms with Gasteiger partial charge in [-0.25, -0.2) is 4.98 Å². The number of nitrogens with one attached hydrogen (secondary N) is 1. The van der Waals surface area contributed by atoms with Crippen LogP contribution in [-0.2, 0) is 5.54 Å². The molecule has 0 radical (unpaired) electrons. The average Bonchev–Trinajstić information content (AvgIpc) is 2.77. The molecule has 0 fully saturated rings. The number of rotatable bonds is 8. The second-order valence-corrected chi connectivity index (χ2v) is 6.17. The number of aromatic nitrogens is 1. The maximum atomic E-state index is 4.50. The van der Waals surface area contributed by atoms with Gasteiger partial charge in [-0.2, -0.15) is 0 Å². The first-order valence-corrected chi connectivity index (χ1v) is 7.64. The van der Waals surface area contributed by atoms with Crippen LogP contribution in [0.25, 0.3) is 0 Å². The van der Waals surface area contributed by atoms with E-state index in [0.717, 1.165) is 0 Å². The molecule has 1 aromatic rings. The predicted octanol–water partition coefficient (Wildman–Crippen LogP) is 4.33. The number of unbranched alkanes of at least 4 members (excludes halogenated alkanes) is 3. The lowest BCUT2D eigenvalue weighted by Crippen LogP contribution is -2.43. The van der Waals surface area contributed by atoms with Crippen LogP contribution in [0.4, 0.5) is 0 Å².